The summed E-state index contributed by atoms with van der Waals surface area (Å²) in [5.74, 6) is -1.10. The Morgan fingerprint density at radius 2 is 1.73 bits per heavy atom. The van der Waals surface area contributed by atoms with Crippen molar-refractivity contribution in [1.82, 2.24) is 5.32 Å². The molecule has 0 heterocycles. The normalized spacial score (nSPS) is 11.9. The van der Waals surface area contributed by atoms with E-state index in [9.17, 15) is 17.6 Å². The zero-order chi connectivity index (χ0) is 19.2. The van der Waals surface area contributed by atoms with Gasteiger partial charge in [0.2, 0.25) is 15.9 Å². The molecule has 2 rings (SSSR count). The molecule has 0 aliphatic heterocycles. The van der Waals surface area contributed by atoms with Crippen molar-refractivity contribution in [3.05, 3.63) is 71.6 Å². The SMILES string of the molecule is C/C(=C\c1ccccc1F)C(=O)NCCS(=O)(=O)N(C)c1ccccc1. The van der Waals surface area contributed by atoms with Crippen molar-refractivity contribution in [1.29, 1.82) is 0 Å². The van der Waals surface area contributed by atoms with Gasteiger partial charge in [0.1, 0.15) is 5.82 Å². The van der Waals surface area contributed by atoms with Gasteiger partial charge in [-0.1, -0.05) is 36.4 Å². The van der Waals surface area contributed by atoms with Gasteiger partial charge in [0, 0.05) is 24.7 Å². The highest BCUT2D eigenvalue weighted by molar-refractivity contribution is 7.92. The van der Waals surface area contributed by atoms with Crippen LogP contribution in [0.4, 0.5) is 10.1 Å². The van der Waals surface area contributed by atoms with Crippen LogP contribution < -0.4 is 9.62 Å². The van der Waals surface area contributed by atoms with Crippen LogP contribution >= 0.6 is 0 Å². The molecule has 0 aromatic heterocycles. The first-order valence-electron chi connectivity index (χ1n) is 8.04. The summed E-state index contributed by atoms with van der Waals surface area (Å²) in [6.07, 6.45) is 1.43. The number of sulfonamides is 1. The molecule has 0 aliphatic rings. The number of amides is 1. The van der Waals surface area contributed by atoms with Crippen molar-refractivity contribution in [3.8, 4) is 0 Å². The number of anilines is 1. The predicted octanol–water partition coefficient (Wildman–Crippen LogP) is 2.81. The third-order valence-corrected chi connectivity index (χ3v) is 5.58. The molecule has 0 atom stereocenters. The lowest BCUT2D eigenvalue weighted by molar-refractivity contribution is -0.117. The van der Waals surface area contributed by atoms with Crippen molar-refractivity contribution in [2.24, 2.45) is 0 Å². The number of carbonyl (C=O) groups is 1. The van der Waals surface area contributed by atoms with Crippen LogP contribution in [0.3, 0.4) is 0 Å². The first kappa shape index (κ1) is 19.7. The second-order valence-electron chi connectivity index (χ2n) is 5.72. The van der Waals surface area contributed by atoms with Gasteiger partial charge in [-0.15, -0.1) is 0 Å². The fourth-order valence-electron chi connectivity index (χ4n) is 2.26. The van der Waals surface area contributed by atoms with Crippen LogP contribution in [-0.2, 0) is 14.8 Å². The smallest absolute Gasteiger partial charge is 0.246 e. The van der Waals surface area contributed by atoms with E-state index in [0.29, 0.717) is 16.8 Å². The van der Waals surface area contributed by atoms with Gasteiger partial charge >= 0.3 is 0 Å². The van der Waals surface area contributed by atoms with E-state index >= 15 is 0 Å². The third-order valence-electron chi connectivity index (χ3n) is 3.82. The second-order valence-corrected chi connectivity index (χ2v) is 7.84. The van der Waals surface area contributed by atoms with Gasteiger partial charge < -0.3 is 5.32 Å². The molecule has 7 heteroatoms. The third kappa shape index (κ3) is 5.16. The fourth-order valence-corrected chi connectivity index (χ4v) is 3.34. The molecule has 0 saturated carbocycles. The number of benzene rings is 2. The van der Waals surface area contributed by atoms with E-state index in [2.05, 4.69) is 5.32 Å². The lowest BCUT2D eigenvalue weighted by Crippen LogP contribution is -2.35. The Hall–Kier alpha value is -2.67. The molecule has 0 saturated heterocycles. The minimum Gasteiger partial charge on any atom is -0.351 e. The summed E-state index contributed by atoms with van der Waals surface area (Å²) in [6.45, 7) is 1.51. The molecular formula is C19H21FN2O3S. The van der Waals surface area contributed by atoms with Gasteiger partial charge in [0.25, 0.3) is 0 Å². The molecule has 2 aromatic rings. The molecule has 0 unspecified atom stereocenters. The standard InChI is InChI=1S/C19H21FN2O3S/c1-15(14-16-8-6-7-11-18(16)20)19(23)21-12-13-26(24,25)22(2)17-9-4-3-5-10-17/h3-11,14H,12-13H2,1-2H3,(H,21,23)/b15-14+. The summed E-state index contributed by atoms with van der Waals surface area (Å²) in [4.78, 5) is 12.1. The molecular weight excluding hydrogens is 355 g/mol. The van der Waals surface area contributed by atoms with Crippen LogP contribution in [0.2, 0.25) is 0 Å². The molecule has 0 aliphatic carbocycles. The average Bonchev–Trinajstić information content (AvgIpc) is 2.63. The van der Waals surface area contributed by atoms with Crippen LogP contribution in [-0.4, -0.2) is 33.7 Å². The molecule has 1 amide bonds. The second kappa shape index (κ2) is 8.62. The van der Waals surface area contributed by atoms with Gasteiger partial charge in [-0.3, -0.25) is 9.10 Å². The number of para-hydroxylation sites is 1. The maximum Gasteiger partial charge on any atom is 0.246 e. The highest BCUT2D eigenvalue weighted by Gasteiger charge is 2.18. The average molecular weight is 376 g/mol. The summed E-state index contributed by atoms with van der Waals surface area (Å²) >= 11 is 0. The van der Waals surface area contributed by atoms with E-state index in [0.717, 1.165) is 0 Å². The highest BCUT2D eigenvalue weighted by Crippen LogP contribution is 2.15. The fraction of sp³-hybridized carbons (Fsp3) is 0.211. The zero-order valence-corrected chi connectivity index (χ0v) is 15.5. The summed E-state index contributed by atoms with van der Waals surface area (Å²) in [7, 11) is -2.09. The quantitative estimate of drug-likeness (QED) is 0.756. The van der Waals surface area contributed by atoms with E-state index in [1.165, 1.54) is 23.5 Å². The van der Waals surface area contributed by atoms with Crippen LogP contribution in [0.15, 0.2) is 60.2 Å². The van der Waals surface area contributed by atoms with E-state index in [1.807, 2.05) is 0 Å². The van der Waals surface area contributed by atoms with Gasteiger partial charge in [0.15, 0.2) is 0 Å². The van der Waals surface area contributed by atoms with Crippen molar-refractivity contribution in [2.45, 2.75) is 6.92 Å². The Bertz CT molecular complexity index is 896. The Kier molecular flexibility index (Phi) is 6.52. The molecule has 1 N–H and O–H groups in total. The van der Waals surface area contributed by atoms with Crippen molar-refractivity contribution in [2.75, 3.05) is 23.7 Å². The lowest BCUT2D eigenvalue weighted by Gasteiger charge is -2.19. The van der Waals surface area contributed by atoms with Gasteiger partial charge in [-0.2, -0.15) is 0 Å². The van der Waals surface area contributed by atoms with Gasteiger partial charge in [0.05, 0.1) is 11.4 Å². The van der Waals surface area contributed by atoms with E-state index < -0.39 is 21.7 Å². The number of carbonyl (C=O) groups excluding carboxylic acids is 1. The minimum absolute atomic E-state index is 0.0409. The number of hydrogen-bond acceptors (Lipinski definition) is 3. The lowest BCUT2D eigenvalue weighted by atomic mass is 10.1. The Labute approximate surface area is 153 Å². The number of nitrogens with one attached hydrogen (secondary N) is 1. The summed E-state index contributed by atoms with van der Waals surface area (Å²) in [5.41, 5.74) is 1.15. The summed E-state index contributed by atoms with van der Waals surface area (Å²) < 4.78 is 39.4. The maximum atomic E-state index is 13.6. The van der Waals surface area contributed by atoms with E-state index in [4.69, 9.17) is 0 Å². The van der Waals surface area contributed by atoms with E-state index in [1.54, 1.807) is 55.5 Å². The highest BCUT2D eigenvalue weighted by atomic mass is 32.2. The molecule has 2 aromatic carbocycles. The van der Waals surface area contributed by atoms with Crippen molar-refractivity contribution >= 4 is 27.7 Å². The number of hydrogen-bond donors (Lipinski definition) is 1. The van der Waals surface area contributed by atoms with E-state index in [-0.39, 0.29) is 12.3 Å². The summed E-state index contributed by atoms with van der Waals surface area (Å²) in [5, 5.41) is 2.55. The van der Waals surface area contributed by atoms with Gasteiger partial charge in [-0.25, -0.2) is 12.8 Å². The zero-order valence-electron chi connectivity index (χ0n) is 14.6. The molecule has 138 valence electrons. The van der Waals surface area contributed by atoms with Crippen LogP contribution in [0.5, 0.6) is 0 Å². The number of rotatable bonds is 7. The number of nitrogens with zero attached hydrogens (tertiary/aromatic N) is 1. The van der Waals surface area contributed by atoms with Crippen LogP contribution in [0.1, 0.15) is 12.5 Å². The molecule has 0 fully saturated rings. The molecule has 0 spiro atoms. The van der Waals surface area contributed by atoms with Crippen LogP contribution in [0, 0.1) is 5.82 Å². The molecule has 5 nitrogen and oxygen atoms in total. The first-order valence-corrected chi connectivity index (χ1v) is 9.65. The predicted molar refractivity (Wildman–Crippen MR) is 102 cm³/mol. The monoisotopic (exact) mass is 376 g/mol. The minimum atomic E-state index is -3.56. The van der Waals surface area contributed by atoms with Crippen LogP contribution in [0.25, 0.3) is 6.08 Å². The van der Waals surface area contributed by atoms with Crippen molar-refractivity contribution in [3.63, 3.8) is 0 Å². The van der Waals surface area contributed by atoms with Crippen molar-refractivity contribution < 1.29 is 17.6 Å². The molecule has 26 heavy (non-hydrogen) atoms. The topological polar surface area (TPSA) is 66.5 Å². The first-order chi connectivity index (χ1) is 12.3. The number of halogens is 1. The van der Waals surface area contributed by atoms with Gasteiger partial charge in [-0.05, 0) is 31.2 Å². The Morgan fingerprint density at radius 1 is 1.12 bits per heavy atom. The summed E-state index contributed by atoms with van der Waals surface area (Å²) in [6, 6.07) is 14.8. The molecule has 0 radical (unpaired) electrons. The maximum absolute atomic E-state index is 13.6. The Balaban J connectivity index is 1.94. The Morgan fingerprint density at radius 3 is 2.38 bits per heavy atom. The largest absolute Gasteiger partial charge is 0.351 e. The molecule has 0 bridgehead atoms.